The minimum absolute atomic E-state index is 0.175. The summed E-state index contributed by atoms with van der Waals surface area (Å²) in [5, 5.41) is 2.92. The third-order valence-corrected chi connectivity index (χ3v) is 2.23. The number of hydrogen-bond donors (Lipinski definition) is 1. The molecule has 13 heavy (non-hydrogen) atoms. The van der Waals surface area contributed by atoms with E-state index in [1.807, 2.05) is 0 Å². The largest absolute Gasteiger partial charge is 0.381 e. The average Bonchev–Trinajstić information content (AvgIpc) is 1.96. The summed E-state index contributed by atoms with van der Waals surface area (Å²) < 4.78 is 5.00. The van der Waals surface area contributed by atoms with E-state index in [1.165, 1.54) is 0 Å². The lowest BCUT2D eigenvalue weighted by Gasteiger charge is -2.25. The molecule has 3 heteroatoms. The minimum Gasteiger partial charge on any atom is -0.381 e. The lowest BCUT2D eigenvalue weighted by molar-refractivity contribution is -0.126. The molecule has 0 spiro atoms. The number of nitrogens with one attached hydrogen (secondary N) is 1. The second-order valence-corrected chi connectivity index (χ2v) is 4.14. The van der Waals surface area contributed by atoms with Crippen LogP contribution in [0.2, 0.25) is 0 Å². The molecule has 1 N–H and O–H groups in total. The minimum atomic E-state index is 0.175. The van der Waals surface area contributed by atoms with Gasteiger partial charge in [0.1, 0.15) is 0 Å². The summed E-state index contributed by atoms with van der Waals surface area (Å²) in [5.74, 6) is 1.31. The quantitative estimate of drug-likeness (QED) is 0.698. The van der Waals surface area contributed by atoms with Crippen molar-refractivity contribution in [2.45, 2.75) is 26.7 Å². The highest BCUT2D eigenvalue weighted by molar-refractivity contribution is 5.76. The van der Waals surface area contributed by atoms with E-state index in [4.69, 9.17) is 4.74 Å². The molecule has 1 aliphatic heterocycles. The van der Waals surface area contributed by atoms with E-state index in [-0.39, 0.29) is 5.91 Å². The average molecular weight is 185 g/mol. The van der Waals surface area contributed by atoms with Gasteiger partial charge < -0.3 is 10.1 Å². The van der Waals surface area contributed by atoms with Crippen molar-refractivity contribution in [1.82, 2.24) is 5.32 Å². The first-order valence-corrected chi connectivity index (χ1v) is 5.03. The van der Waals surface area contributed by atoms with Crippen LogP contribution in [-0.2, 0) is 9.53 Å². The second-order valence-electron chi connectivity index (χ2n) is 4.14. The van der Waals surface area contributed by atoms with Gasteiger partial charge in [-0.1, -0.05) is 13.8 Å². The summed E-state index contributed by atoms with van der Waals surface area (Å²) in [6.45, 7) is 6.65. The fourth-order valence-electron chi connectivity index (χ4n) is 1.24. The van der Waals surface area contributed by atoms with Crippen LogP contribution in [0.25, 0.3) is 0 Å². The van der Waals surface area contributed by atoms with E-state index in [0.717, 1.165) is 26.2 Å². The van der Waals surface area contributed by atoms with Gasteiger partial charge in [-0.15, -0.1) is 0 Å². The number of ether oxygens (including phenoxy) is 1. The number of carbonyl (C=O) groups is 1. The first kappa shape index (κ1) is 10.5. The standard InChI is InChI=1S/C10H19NO2/c1-8(2)3-4-11-10(12)5-9-6-13-7-9/h8-9H,3-7H2,1-2H3,(H,11,12). The zero-order valence-electron chi connectivity index (χ0n) is 8.51. The lowest BCUT2D eigenvalue weighted by Crippen LogP contribution is -2.34. The summed E-state index contributed by atoms with van der Waals surface area (Å²) in [6, 6.07) is 0. The fourth-order valence-corrected chi connectivity index (χ4v) is 1.24. The summed E-state index contributed by atoms with van der Waals surface area (Å²) in [4.78, 5) is 11.3. The molecule has 3 nitrogen and oxygen atoms in total. The molecular formula is C10H19NO2. The van der Waals surface area contributed by atoms with Crippen LogP contribution in [0.4, 0.5) is 0 Å². The maximum Gasteiger partial charge on any atom is 0.220 e. The Bertz CT molecular complexity index is 164. The fraction of sp³-hybridized carbons (Fsp3) is 0.900. The number of carbonyl (C=O) groups excluding carboxylic acids is 1. The van der Waals surface area contributed by atoms with Gasteiger partial charge in [0.15, 0.2) is 0 Å². The van der Waals surface area contributed by atoms with Gasteiger partial charge in [-0.05, 0) is 12.3 Å². The molecule has 0 radical (unpaired) electrons. The zero-order valence-corrected chi connectivity index (χ0v) is 8.51. The van der Waals surface area contributed by atoms with Gasteiger partial charge in [0.05, 0.1) is 13.2 Å². The van der Waals surface area contributed by atoms with Crippen molar-refractivity contribution in [3.63, 3.8) is 0 Å². The van der Waals surface area contributed by atoms with Gasteiger partial charge >= 0.3 is 0 Å². The van der Waals surface area contributed by atoms with E-state index in [1.54, 1.807) is 0 Å². The third-order valence-electron chi connectivity index (χ3n) is 2.23. The Morgan fingerprint density at radius 3 is 2.69 bits per heavy atom. The van der Waals surface area contributed by atoms with Gasteiger partial charge in [0.2, 0.25) is 5.91 Å². The molecule has 0 aromatic heterocycles. The highest BCUT2D eigenvalue weighted by atomic mass is 16.5. The van der Waals surface area contributed by atoms with Crippen molar-refractivity contribution >= 4 is 5.91 Å². The summed E-state index contributed by atoms with van der Waals surface area (Å²) in [7, 11) is 0. The van der Waals surface area contributed by atoms with Gasteiger partial charge in [-0.3, -0.25) is 4.79 Å². The first-order chi connectivity index (χ1) is 6.18. The molecule has 0 aromatic carbocycles. The van der Waals surface area contributed by atoms with Gasteiger partial charge in [0.25, 0.3) is 0 Å². The highest BCUT2D eigenvalue weighted by Crippen LogP contribution is 2.13. The van der Waals surface area contributed by atoms with Crippen LogP contribution in [0.3, 0.4) is 0 Å². The van der Waals surface area contributed by atoms with Crippen molar-refractivity contribution in [2.24, 2.45) is 11.8 Å². The first-order valence-electron chi connectivity index (χ1n) is 5.03. The van der Waals surface area contributed by atoms with Crippen LogP contribution in [0, 0.1) is 11.8 Å². The van der Waals surface area contributed by atoms with Crippen molar-refractivity contribution in [3.8, 4) is 0 Å². The Labute approximate surface area is 79.8 Å². The molecule has 1 amide bonds. The van der Waals surface area contributed by atoms with E-state index >= 15 is 0 Å². The molecule has 0 atom stereocenters. The Balaban J connectivity index is 1.97. The molecule has 1 fully saturated rings. The van der Waals surface area contributed by atoms with E-state index < -0.39 is 0 Å². The number of rotatable bonds is 5. The van der Waals surface area contributed by atoms with Crippen LogP contribution in [0.1, 0.15) is 26.7 Å². The van der Waals surface area contributed by atoms with Crippen LogP contribution in [0.5, 0.6) is 0 Å². The van der Waals surface area contributed by atoms with E-state index in [0.29, 0.717) is 18.3 Å². The smallest absolute Gasteiger partial charge is 0.220 e. The van der Waals surface area contributed by atoms with Crippen molar-refractivity contribution in [1.29, 1.82) is 0 Å². The SMILES string of the molecule is CC(C)CCNC(=O)CC1COC1. The lowest BCUT2D eigenvalue weighted by atomic mass is 10.0. The monoisotopic (exact) mass is 185 g/mol. The Hall–Kier alpha value is -0.570. The van der Waals surface area contributed by atoms with E-state index in [9.17, 15) is 4.79 Å². The molecule has 1 saturated heterocycles. The van der Waals surface area contributed by atoms with Crippen LogP contribution >= 0.6 is 0 Å². The van der Waals surface area contributed by atoms with Crippen molar-refractivity contribution in [2.75, 3.05) is 19.8 Å². The highest BCUT2D eigenvalue weighted by Gasteiger charge is 2.21. The molecule has 1 heterocycles. The number of hydrogen-bond acceptors (Lipinski definition) is 2. The van der Waals surface area contributed by atoms with E-state index in [2.05, 4.69) is 19.2 Å². The summed E-state index contributed by atoms with van der Waals surface area (Å²) in [5.41, 5.74) is 0. The van der Waals surface area contributed by atoms with Gasteiger partial charge in [0, 0.05) is 18.9 Å². The zero-order chi connectivity index (χ0) is 9.68. The van der Waals surface area contributed by atoms with Crippen molar-refractivity contribution in [3.05, 3.63) is 0 Å². The molecule has 0 aromatic rings. The Morgan fingerprint density at radius 2 is 2.23 bits per heavy atom. The van der Waals surface area contributed by atoms with Crippen molar-refractivity contribution < 1.29 is 9.53 Å². The maximum absolute atomic E-state index is 11.3. The molecule has 0 bridgehead atoms. The topological polar surface area (TPSA) is 38.3 Å². The second kappa shape index (κ2) is 5.22. The number of amides is 1. The third kappa shape index (κ3) is 4.27. The Kier molecular flexibility index (Phi) is 4.22. The predicted molar refractivity (Wildman–Crippen MR) is 51.4 cm³/mol. The predicted octanol–water partition coefficient (Wildman–Crippen LogP) is 1.19. The molecule has 1 aliphatic rings. The van der Waals surface area contributed by atoms with Crippen LogP contribution in [-0.4, -0.2) is 25.7 Å². The molecule has 0 aliphatic carbocycles. The van der Waals surface area contributed by atoms with Crippen LogP contribution < -0.4 is 5.32 Å². The molecule has 0 unspecified atom stereocenters. The summed E-state index contributed by atoms with van der Waals surface area (Å²) >= 11 is 0. The maximum atomic E-state index is 11.3. The molecular weight excluding hydrogens is 166 g/mol. The van der Waals surface area contributed by atoms with Gasteiger partial charge in [-0.2, -0.15) is 0 Å². The van der Waals surface area contributed by atoms with Gasteiger partial charge in [-0.25, -0.2) is 0 Å². The molecule has 0 saturated carbocycles. The van der Waals surface area contributed by atoms with Crippen LogP contribution in [0.15, 0.2) is 0 Å². The molecule has 76 valence electrons. The molecule has 1 rings (SSSR count). The summed E-state index contributed by atoms with van der Waals surface area (Å²) in [6.07, 6.45) is 1.70. The normalized spacial score (nSPS) is 17.2. The Morgan fingerprint density at radius 1 is 1.54 bits per heavy atom.